The number of rotatable bonds is 1. The van der Waals surface area contributed by atoms with Crippen LogP contribution in [-0.4, -0.2) is 6.54 Å². The highest BCUT2D eigenvalue weighted by Crippen LogP contribution is 2.36. The number of benzene rings is 1. The van der Waals surface area contributed by atoms with Crippen molar-refractivity contribution >= 4 is 0 Å². The van der Waals surface area contributed by atoms with E-state index in [1.165, 1.54) is 12.1 Å². The van der Waals surface area contributed by atoms with Gasteiger partial charge in [-0.25, -0.2) is 8.78 Å². The zero-order valence-corrected chi connectivity index (χ0v) is 9.85. The molecule has 16 heavy (non-hydrogen) atoms. The van der Waals surface area contributed by atoms with E-state index in [4.69, 9.17) is 0 Å². The molecule has 0 aliphatic carbocycles. The van der Waals surface area contributed by atoms with E-state index >= 15 is 0 Å². The molecule has 1 aromatic rings. The molecule has 0 spiro atoms. The van der Waals surface area contributed by atoms with Crippen LogP contribution >= 0.6 is 0 Å². The number of hydrogen-bond acceptors (Lipinski definition) is 1. The minimum absolute atomic E-state index is 0.0284. The van der Waals surface area contributed by atoms with Gasteiger partial charge in [-0.1, -0.05) is 20.8 Å². The van der Waals surface area contributed by atoms with Gasteiger partial charge in [0.2, 0.25) is 0 Å². The molecule has 0 fully saturated rings. The van der Waals surface area contributed by atoms with Crippen molar-refractivity contribution in [2.24, 2.45) is 5.92 Å². The molecule has 0 saturated heterocycles. The molecule has 0 bridgehead atoms. The number of fused-ring (bicyclic) bond motifs is 1. The van der Waals surface area contributed by atoms with Crippen LogP contribution in [0.25, 0.3) is 0 Å². The molecule has 1 nitrogen and oxygen atoms in total. The van der Waals surface area contributed by atoms with Crippen LogP contribution < -0.4 is 5.32 Å². The highest BCUT2D eigenvalue weighted by atomic mass is 19.1. The normalized spacial score (nSPS) is 24.6. The van der Waals surface area contributed by atoms with Crippen LogP contribution in [0.5, 0.6) is 0 Å². The molecule has 0 saturated carbocycles. The van der Waals surface area contributed by atoms with Crippen molar-refractivity contribution in [1.29, 1.82) is 0 Å². The van der Waals surface area contributed by atoms with Crippen molar-refractivity contribution < 1.29 is 8.78 Å². The summed E-state index contributed by atoms with van der Waals surface area (Å²) in [7, 11) is 0. The van der Waals surface area contributed by atoms with Crippen molar-refractivity contribution in [3.63, 3.8) is 0 Å². The first kappa shape index (κ1) is 11.5. The summed E-state index contributed by atoms with van der Waals surface area (Å²) in [6.45, 7) is 6.66. The molecule has 1 aliphatic heterocycles. The fourth-order valence-electron chi connectivity index (χ4n) is 2.48. The first-order chi connectivity index (χ1) is 7.52. The fraction of sp³-hybridized carbons (Fsp3) is 0.538. The van der Waals surface area contributed by atoms with Crippen molar-refractivity contribution in [3.8, 4) is 0 Å². The van der Waals surface area contributed by atoms with Crippen LogP contribution in [0.3, 0.4) is 0 Å². The Morgan fingerprint density at radius 3 is 2.31 bits per heavy atom. The Kier molecular flexibility index (Phi) is 2.98. The summed E-state index contributed by atoms with van der Waals surface area (Å²) in [5.41, 5.74) is 1.08. The molecule has 3 heteroatoms. The van der Waals surface area contributed by atoms with Gasteiger partial charge in [-0.05, 0) is 29.5 Å². The molecule has 88 valence electrons. The Labute approximate surface area is 94.9 Å². The minimum Gasteiger partial charge on any atom is -0.309 e. The molecule has 1 aliphatic rings. The lowest BCUT2D eigenvalue weighted by atomic mass is 9.83. The molecule has 0 aromatic heterocycles. The highest BCUT2D eigenvalue weighted by Gasteiger charge is 2.31. The SMILES string of the molecule is CC1CNC(C(C)C)c2c(F)ccc(F)c21. The van der Waals surface area contributed by atoms with E-state index in [9.17, 15) is 8.78 Å². The zero-order chi connectivity index (χ0) is 11.9. The topological polar surface area (TPSA) is 12.0 Å². The van der Waals surface area contributed by atoms with Crippen molar-refractivity contribution in [2.45, 2.75) is 32.7 Å². The van der Waals surface area contributed by atoms with E-state index in [1.54, 1.807) is 0 Å². The summed E-state index contributed by atoms with van der Waals surface area (Å²) < 4.78 is 27.6. The van der Waals surface area contributed by atoms with Crippen LogP contribution in [0.4, 0.5) is 8.78 Å². The van der Waals surface area contributed by atoms with Gasteiger partial charge < -0.3 is 5.32 Å². The van der Waals surface area contributed by atoms with Gasteiger partial charge in [0.25, 0.3) is 0 Å². The van der Waals surface area contributed by atoms with Crippen LogP contribution in [0, 0.1) is 17.6 Å². The lowest BCUT2D eigenvalue weighted by Crippen LogP contribution is -2.36. The van der Waals surface area contributed by atoms with E-state index < -0.39 is 0 Å². The fourth-order valence-corrected chi connectivity index (χ4v) is 2.48. The third-order valence-corrected chi connectivity index (χ3v) is 3.30. The molecule has 1 heterocycles. The smallest absolute Gasteiger partial charge is 0.128 e. The molecule has 1 N–H and O–H groups in total. The maximum Gasteiger partial charge on any atom is 0.128 e. The van der Waals surface area contributed by atoms with Crippen molar-refractivity contribution in [2.75, 3.05) is 6.54 Å². The van der Waals surface area contributed by atoms with Crippen molar-refractivity contribution in [1.82, 2.24) is 5.32 Å². The van der Waals surface area contributed by atoms with Crippen LogP contribution in [0.2, 0.25) is 0 Å². The van der Waals surface area contributed by atoms with Gasteiger partial charge in [-0.3, -0.25) is 0 Å². The second-order valence-corrected chi connectivity index (χ2v) is 4.89. The molecule has 0 radical (unpaired) electrons. The highest BCUT2D eigenvalue weighted by molar-refractivity contribution is 5.38. The second kappa shape index (κ2) is 4.13. The Bertz CT molecular complexity index is 401. The molecule has 0 amide bonds. The minimum atomic E-state index is -0.297. The summed E-state index contributed by atoms with van der Waals surface area (Å²) >= 11 is 0. The average Bonchev–Trinajstić information content (AvgIpc) is 2.23. The van der Waals surface area contributed by atoms with E-state index in [-0.39, 0.29) is 29.5 Å². The monoisotopic (exact) mass is 225 g/mol. The summed E-state index contributed by atoms with van der Waals surface area (Å²) in [6, 6.07) is 2.37. The van der Waals surface area contributed by atoms with Gasteiger partial charge in [-0.15, -0.1) is 0 Å². The maximum absolute atomic E-state index is 13.8. The summed E-state index contributed by atoms with van der Waals surface area (Å²) in [5, 5.41) is 3.29. The Morgan fingerprint density at radius 1 is 1.19 bits per heavy atom. The molecule has 2 rings (SSSR count). The standard InChI is InChI=1S/C13H17F2N/c1-7(2)13-12-10(15)5-4-9(14)11(12)8(3)6-16-13/h4-5,7-8,13,16H,6H2,1-3H3. The number of halogens is 2. The summed E-state index contributed by atoms with van der Waals surface area (Å²) in [4.78, 5) is 0. The molecule has 2 atom stereocenters. The summed E-state index contributed by atoms with van der Waals surface area (Å²) in [5.74, 6) is -0.298. The lowest BCUT2D eigenvalue weighted by molar-refractivity contribution is 0.354. The van der Waals surface area contributed by atoms with Gasteiger partial charge in [-0.2, -0.15) is 0 Å². The predicted molar refractivity (Wildman–Crippen MR) is 60.4 cm³/mol. The predicted octanol–water partition coefficient (Wildman–Crippen LogP) is 3.37. The van der Waals surface area contributed by atoms with Crippen LogP contribution in [0.15, 0.2) is 12.1 Å². The Morgan fingerprint density at radius 2 is 1.75 bits per heavy atom. The van der Waals surface area contributed by atoms with Gasteiger partial charge in [0.1, 0.15) is 11.6 Å². The first-order valence-corrected chi connectivity index (χ1v) is 5.73. The van der Waals surface area contributed by atoms with Gasteiger partial charge in [0, 0.05) is 18.2 Å². The van der Waals surface area contributed by atoms with E-state index in [0.717, 1.165) is 0 Å². The zero-order valence-electron chi connectivity index (χ0n) is 9.85. The Balaban J connectivity index is 2.60. The maximum atomic E-state index is 13.8. The van der Waals surface area contributed by atoms with E-state index in [0.29, 0.717) is 17.7 Å². The second-order valence-electron chi connectivity index (χ2n) is 4.89. The van der Waals surface area contributed by atoms with Gasteiger partial charge in [0.05, 0.1) is 0 Å². The lowest BCUT2D eigenvalue weighted by Gasteiger charge is -2.33. The average molecular weight is 225 g/mol. The van der Waals surface area contributed by atoms with E-state index in [1.807, 2.05) is 20.8 Å². The first-order valence-electron chi connectivity index (χ1n) is 5.73. The number of nitrogens with one attached hydrogen (secondary N) is 1. The van der Waals surface area contributed by atoms with Crippen LogP contribution in [0.1, 0.15) is 43.9 Å². The molecule has 1 aromatic carbocycles. The molecule has 2 unspecified atom stereocenters. The molecular weight excluding hydrogens is 208 g/mol. The third kappa shape index (κ3) is 1.73. The van der Waals surface area contributed by atoms with Gasteiger partial charge in [0.15, 0.2) is 0 Å². The van der Waals surface area contributed by atoms with Gasteiger partial charge >= 0.3 is 0 Å². The van der Waals surface area contributed by atoms with E-state index in [2.05, 4.69) is 5.32 Å². The molecular formula is C13H17F2N. The quantitative estimate of drug-likeness (QED) is 0.772. The van der Waals surface area contributed by atoms with Crippen LogP contribution in [-0.2, 0) is 0 Å². The Hall–Kier alpha value is -0.960. The number of hydrogen-bond donors (Lipinski definition) is 1. The van der Waals surface area contributed by atoms with Crippen molar-refractivity contribution in [3.05, 3.63) is 34.9 Å². The summed E-state index contributed by atoms with van der Waals surface area (Å²) in [6.07, 6.45) is 0. The third-order valence-electron chi connectivity index (χ3n) is 3.30. The largest absolute Gasteiger partial charge is 0.309 e.